The highest BCUT2D eigenvalue weighted by atomic mass is 15.0. The van der Waals surface area contributed by atoms with E-state index in [1.165, 1.54) is 25.8 Å². The van der Waals surface area contributed by atoms with Gasteiger partial charge in [0, 0.05) is 0 Å². The number of hydrogen-bond donors (Lipinski definition) is 0. The Morgan fingerprint density at radius 2 is 1.25 bits per heavy atom. The molecule has 0 radical (unpaired) electrons. The quantitative estimate of drug-likeness (QED) is 0.601. The molecule has 0 aliphatic carbocycles. The Balaban J connectivity index is 0. The summed E-state index contributed by atoms with van der Waals surface area (Å²) in [5, 5.41) is 0. The Labute approximate surface area is 78.5 Å². The molecule has 0 fully saturated rings. The first kappa shape index (κ1) is 14.4. The van der Waals surface area contributed by atoms with Crippen molar-refractivity contribution in [2.45, 2.75) is 26.2 Å². The molecular weight excluding hydrogens is 148 g/mol. The third-order valence-electron chi connectivity index (χ3n) is 1.21. The summed E-state index contributed by atoms with van der Waals surface area (Å²) in [7, 11) is 10.2. The molecule has 0 aliphatic rings. The van der Waals surface area contributed by atoms with Gasteiger partial charge in [0.25, 0.3) is 0 Å². The molecule has 0 saturated carbocycles. The van der Waals surface area contributed by atoms with E-state index in [9.17, 15) is 0 Å². The molecule has 0 spiro atoms. The molecule has 0 unspecified atom stereocenters. The topological polar surface area (TPSA) is 6.48 Å². The summed E-state index contributed by atoms with van der Waals surface area (Å²) >= 11 is 0. The van der Waals surface area contributed by atoms with Crippen molar-refractivity contribution >= 4 is 0 Å². The molecule has 0 atom stereocenters. The van der Waals surface area contributed by atoms with Crippen LogP contribution in [0, 0.1) is 0 Å². The minimum absolute atomic E-state index is 1.24. The molecule has 0 aliphatic heterocycles. The smallest absolute Gasteiger partial charge is 0.00248 e. The first-order valence-electron chi connectivity index (χ1n) is 4.76. The van der Waals surface area contributed by atoms with E-state index in [0.29, 0.717) is 0 Å². The lowest BCUT2D eigenvalue weighted by molar-refractivity contribution is 0.393. The molecule has 76 valence electrons. The summed E-state index contributed by atoms with van der Waals surface area (Å²) < 4.78 is 0. The van der Waals surface area contributed by atoms with Crippen LogP contribution in [0.5, 0.6) is 0 Å². The molecular formula is C10H26N2. The molecule has 2 nitrogen and oxygen atoms in total. The average molecular weight is 174 g/mol. The highest BCUT2D eigenvalue weighted by molar-refractivity contribution is 4.42. The SMILES string of the molecule is CCCCCN(C)C.CN(C)C. The molecule has 0 aromatic rings. The van der Waals surface area contributed by atoms with Crippen LogP contribution in [-0.2, 0) is 0 Å². The zero-order chi connectivity index (χ0) is 9.98. The van der Waals surface area contributed by atoms with E-state index in [1.54, 1.807) is 0 Å². The van der Waals surface area contributed by atoms with E-state index < -0.39 is 0 Å². The maximum atomic E-state index is 2.23. The van der Waals surface area contributed by atoms with E-state index >= 15 is 0 Å². The van der Waals surface area contributed by atoms with Gasteiger partial charge in [0.15, 0.2) is 0 Å². The van der Waals surface area contributed by atoms with Crippen LogP contribution in [0.1, 0.15) is 26.2 Å². The first-order valence-corrected chi connectivity index (χ1v) is 4.76. The van der Waals surface area contributed by atoms with Crippen LogP contribution >= 0.6 is 0 Å². The van der Waals surface area contributed by atoms with Crippen molar-refractivity contribution in [1.29, 1.82) is 0 Å². The lowest BCUT2D eigenvalue weighted by Crippen LogP contribution is -2.12. The number of unbranched alkanes of at least 4 members (excludes halogenated alkanes) is 2. The lowest BCUT2D eigenvalue weighted by Gasteiger charge is -2.06. The van der Waals surface area contributed by atoms with Crippen molar-refractivity contribution < 1.29 is 0 Å². The van der Waals surface area contributed by atoms with Gasteiger partial charge in [0.1, 0.15) is 0 Å². The zero-order valence-corrected chi connectivity index (χ0v) is 9.72. The van der Waals surface area contributed by atoms with Crippen molar-refractivity contribution in [3.8, 4) is 0 Å². The highest BCUT2D eigenvalue weighted by Gasteiger charge is 1.86. The van der Waals surface area contributed by atoms with Crippen molar-refractivity contribution in [3.05, 3.63) is 0 Å². The van der Waals surface area contributed by atoms with Crippen molar-refractivity contribution in [1.82, 2.24) is 9.80 Å². The fourth-order valence-electron chi connectivity index (χ4n) is 0.678. The van der Waals surface area contributed by atoms with Crippen LogP contribution in [0.25, 0.3) is 0 Å². The second kappa shape index (κ2) is 10.9. The van der Waals surface area contributed by atoms with Gasteiger partial charge in [0.2, 0.25) is 0 Å². The fourth-order valence-corrected chi connectivity index (χ4v) is 0.678. The summed E-state index contributed by atoms with van der Waals surface area (Å²) in [5.74, 6) is 0. The number of nitrogens with zero attached hydrogens (tertiary/aromatic N) is 2. The lowest BCUT2D eigenvalue weighted by atomic mass is 10.2. The third kappa shape index (κ3) is 32.6. The average Bonchev–Trinajstić information content (AvgIpc) is 1.86. The Bertz CT molecular complexity index is 67.5. The van der Waals surface area contributed by atoms with Gasteiger partial charge in [-0.2, -0.15) is 0 Å². The predicted octanol–water partition coefficient (Wildman–Crippen LogP) is 1.92. The van der Waals surface area contributed by atoms with Gasteiger partial charge < -0.3 is 9.80 Å². The summed E-state index contributed by atoms with van der Waals surface area (Å²) in [5.41, 5.74) is 0. The summed E-state index contributed by atoms with van der Waals surface area (Å²) in [6, 6.07) is 0. The highest BCUT2D eigenvalue weighted by Crippen LogP contribution is 1.93. The summed E-state index contributed by atoms with van der Waals surface area (Å²) in [6.45, 7) is 3.48. The largest absolute Gasteiger partial charge is 0.312 e. The number of hydrogen-bond acceptors (Lipinski definition) is 2. The summed E-state index contributed by atoms with van der Waals surface area (Å²) in [4.78, 5) is 4.23. The number of rotatable bonds is 4. The van der Waals surface area contributed by atoms with Gasteiger partial charge in [-0.05, 0) is 48.2 Å². The van der Waals surface area contributed by atoms with Crippen molar-refractivity contribution in [2.24, 2.45) is 0 Å². The molecule has 0 saturated heterocycles. The van der Waals surface area contributed by atoms with E-state index in [4.69, 9.17) is 0 Å². The molecule has 0 amide bonds. The maximum absolute atomic E-state index is 2.23. The van der Waals surface area contributed by atoms with E-state index in [1.807, 2.05) is 26.0 Å². The van der Waals surface area contributed by atoms with Gasteiger partial charge >= 0.3 is 0 Å². The van der Waals surface area contributed by atoms with Crippen LogP contribution in [0.3, 0.4) is 0 Å². The van der Waals surface area contributed by atoms with E-state index in [2.05, 4.69) is 25.9 Å². The third-order valence-corrected chi connectivity index (χ3v) is 1.21. The Morgan fingerprint density at radius 3 is 1.50 bits per heavy atom. The molecule has 0 bridgehead atoms. The van der Waals surface area contributed by atoms with Crippen molar-refractivity contribution in [2.75, 3.05) is 41.8 Å². The van der Waals surface area contributed by atoms with Crippen molar-refractivity contribution in [3.63, 3.8) is 0 Å². The van der Waals surface area contributed by atoms with Crippen LogP contribution in [0.4, 0.5) is 0 Å². The molecule has 0 aromatic carbocycles. The zero-order valence-electron chi connectivity index (χ0n) is 9.72. The van der Waals surface area contributed by atoms with Gasteiger partial charge in [-0.3, -0.25) is 0 Å². The molecule has 0 heterocycles. The monoisotopic (exact) mass is 174 g/mol. The molecule has 2 heteroatoms. The second-order valence-corrected chi connectivity index (χ2v) is 3.85. The predicted molar refractivity (Wildman–Crippen MR) is 57.7 cm³/mol. The standard InChI is InChI=1S/C7H17N.C3H9N/c1-4-5-6-7-8(2)3;1-4(2)3/h4-7H2,1-3H3;1-3H3. The Morgan fingerprint density at radius 1 is 0.833 bits per heavy atom. The van der Waals surface area contributed by atoms with Gasteiger partial charge in [-0.1, -0.05) is 19.8 Å². The van der Waals surface area contributed by atoms with Gasteiger partial charge in [0.05, 0.1) is 0 Å². The first-order chi connectivity index (χ1) is 5.50. The van der Waals surface area contributed by atoms with Crippen LogP contribution in [-0.4, -0.2) is 51.6 Å². The van der Waals surface area contributed by atoms with Crippen LogP contribution < -0.4 is 0 Å². The molecule has 0 rings (SSSR count). The minimum Gasteiger partial charge on any atom is -0.312 e. The second-order valence-electron chi connectivity index (χ2n) is 3.85. The van der Waals surface area contributed by atoms with E-state index in [0.717, 1.165) is 0 Å². The molecule has 0 N–H and O–H groups in total. The van der Waals surface area contributed by atoms with Crippen LogP contribution in [0.2, 0.25) is 0 Å². The van der Waals surface area contributed by atoms with Gasteiger partial charge in [-0.15, -0.1) is 0 Å². The van der Waals surface area contributed by atoms with Gasteiger partial charge in [-0.25, -0.2) is 0 Å². The Kier molecular flexibility index (Phi) is 13.1. The summed E-state index contributed by atoms with van der Waals surface area (Å²) in [6.07, 6.45) is 4.05. The normalized spacial score (nSPS) is 10.0. The fraction of sp³-hybridized carbons (Fsp3) is 1.00. The minimum atomic E-state index is 1.24. The molecule has 12 heavy (non-hydrogen) atoms. The Hall–Kier alpha value is -0.0800. The molecule has 0 aromatic heterocycles. The maximum Gasteiger partial charge on any atom is -0.00248 e. The van der Waals surface area contributed by atoms with E-state index in [-0.39, 0.29) is 0 Å². The van der Waals surface area contributed by atoms with Crippen LogP contribution in [0.15, 0.2) is 0 Å².